The molecule has 1 fully saturated rings. The van der Waals surface area contributed by atoms with Gasteiger partial charge in [0.25, 0.3) is 11.6 Å². The van der Waals surface area contributed by atoms with Gasteiger partial charge in [0, 0.05) is 35.6 Å². The van der Waals surface area contributed by atoms with E-state index < -0.39 is 4.92 Å². The predicted octanol–water partition coefficient (Wildman–Crippen LogP) is 2.76. The number of likely N-dealkylation sites (tertiary alicyclic amines) is 1. The van der Waals surface area contributed by atoms with Crippen LogP contribution in [0.5, 0.6) is 0 Å². The first-order chi connectivity index (χ1) is 9.04. The van der Waals surface area contributed by atoms with Crippen LogP contribution >= 0.6 is 15.9 Å². The van der Waals surface area contributed by atoms with Crippen LogP contribution in [0, 0.1) is 23.0 Å². The van der Waals surface area contributed by atoms with Crippen LogP contribution in [-0.2, 0) is 0 Å². The van der Waals surface area contributed by atoms with Gasteiger partial charge in [0.1, 0.15) is 0 Å². The van der Waals surface area contributed by atoms with Crippen molar-refractivity contribution in [3.05, 3.63) is 39.4 Å². The Morgan fingerprint density at radius 3 is 2.89 bits per heavy atom. The molecule has 0 N–H and O–H groups in total. The highest BCUT2D eigenvalue weighted by Gasteiger charge is 2.28. The zero-order valence-electron chi connectivity index (χ0n) is 10.6. The Bertz CT molecular complexity index is 519. The molecule has 1 aromatic rings. The number of rotatable bonds is 3. The Labute approximate surface area is 119 Å². The Kier molecular flexibility index (Phi) is 4.19. The predicted molar refractivity (Wildman–Crippen MR) is 75.6 cm³/mol. The van der Waals surface area contributed by atoms with Crippen LogP contribution in [0.25, 0.3) is 0 Å². The number of hydrogen-bond acceptors (Lipinski definition) is 3. The van der Waals surface area contributed by atoms with Crippen molar-refractivity contribution in [1.29, 1.82) is 0 Å². The van der Waals surface area contributed by atoms with Gasteiger partial charge in [-0.25, -0.2) is 0 Å². The maximum absolute atomic E-state index is 12.4. The number of halogens is 1. The van der Waals surface area contributed by atoms with Gasteiger partial charge >= 0.3 is 0 Å². The molecular weight excluding hydrogens is 312 g/mol. The number of carbonyl (C=O) groups is 1. The largest absolute Gasteiger partial charge is 0.338 e. The smallest absolute Gasteiger partial charge is 0.273 e. The maximum atomic E-state index is 12.4. The first-order valence-corrected chi connectivity index (χ1v) is 7.26. The molecule has 1 atom stereocenters. The standard InChI is InChI=1S/C13H15BrN2O3/c1-9-11(3-2-4-12(9)16(18)19)13(17)15-6-5-10(7-14)8-15/h2-4,10H,5-8H2,1H3. The Balaban J connectivity index is 2.25. The summed E-state index contributed by atoms with van der Waals surface area (Å²) in [7, 11) is 0. The lowest BCUT2D eigenvalue weighted by Crippen LogP contribution is -2.29. The summed E-state index contributed by atoms with van der Waals surface area (Å²) in [4.78, 5) is 24.6. The molecule has 102 valence electrons. The van der Waals surface area contributed by atoms with E-state index in [4.69, 9.17) is 0 Å². The third-order valence-electron chi connectivity index (χ3n) is 3.52. The SMILES string of the molecule is Cc1c(C(=O)N2CCC(CBr)C2)cccc1[N+](=O)[O-]. The summed E-state index contributed by atoms with van der Waals surface area (Å²) in [6, 6.07) is 4.65. The summed E-state index contributed by atoms with van der Waals surface area (Å²) in [5, 5.41) is 11.8. The molecule has 1 aliphatic heterocycles. The van der Waals surface area contributed by atoms with Gasteiger partial charge in [0.2, 0.25) is 0 Å². The van der Waals surface area contributed by atoms with Crippen LogP contribution in [0.2, 0.25) is 0 Å². The summed E-state index contributed by atoms with van der Waals surface area (Å²) in [6.45, 7) is 3.06. The molecule has 2 rings (SSSR count). The minimum atomic E-state index is -0.447. The van der Waals surface area contributed by atoms with Crippen molar-refractivity contribution in [3.8, 4) is 0 Å². The third-order valence-corrected chi connectivity index (χ3v) is 4.44. The van der Waals surface area contributed by atoms with E-state index in [2.05, 4.69) is 15.9 Å². The lowest BCUT2D eigenvalue weighted by Gasteiger charge is -2.17. The number of alkyl halides is 1. The number of amides is 1. The van der Waals surface area contributed by atoms with Crippen molar-refractivity contribution in [3.63, 3.8) is 0 Å². The topological polar surface area (TPSA) is 63.5 Å². The highest BCUT2D eigenvalue weighted by molar-refractivity contribution is 9.09. The van der Waals surface area contributed by atoms with Crippen molar-refractivity contribution in [1.82, 2.24) is 4.90 Å². The lowest BCUT2D eigenvalue weighted by molar-refractivity contribution is -0.385. The molecule has 0 saturated carbocycles. The lowest BCUT2D eigenvalue weighted by atomic mass is 10.1. The minimum Gasteiger partial charge on any atom is -0.338 e. The number of hydrogen-bond donors (Lipinski definition) is 0. The van der Waals surface area contributed by atoms with Gasteiger partial charge in [0.05, 0.1) is 4.92 Å². The van der Waals surface area contributed by atoms with Crippen molar-refractivity contribution in [2.75, 3.05) is 18.4 Å². The minimum absolute atomic E-state index is 0.00193. The number of nitro benzene ring substituents is 1. The second-order valence-electron chi connectivity index (χ2n) is 4.77. The van der Waals surface area contributed by atoms with Gasteiger partial charge in [-0.1, -0.05) is 22.0 Å². The van der Waals surface area contributed by atoms with Crippen LogP contribution in [0.1, 0.15) is 22.3 Å². The van der Waals surface area contributed by atoms with Gasteiger partial charge in [-0.3, -0.25) is 14.9 Å². The van der Waals surface area contributed by atoms with E-state index in [0.29, 0.717) is 23.6 Å². The fourth-order valence-electron chi connectivity index (χ4n) is 2.37. The fraction of sp³-hybridized carbons (Fsp3) is 0.462. The first-order valence-electron chi connectivity index (χ1n) is 6.13. The van der Waals surface area contributed by atoms with Crippen LogP contribution in [-0.4, -0.2) is 34.2 Å². The molecule has 1 aromatic carbocycles. The molecule has 1 heterocycles. The molecule has 0 spiro atoms. The van der Waals surface area contributed by atoms with E-state index in [1.807, 2.05) is 0 Å². The molecule has 1 amide bonds. The quantitative estimate of drug-likeness (QED) is 0.487. The molecular formula is C13H15BrN2O3. The van der Waals surface area contributed by atoms with Gasteiger partial charge in [-0.15, -0.1) is 0 Å². The van der Waals surface area contributed by atoms with Gasteiger partial charge in [0.15, 0.2) is 0 Å². The van der Waals surface area contributed by atoms with Crippen LogP contribution in [0.4, 0.5) is 5.69 Å². The van der Waals surface area contributed by atoms with Crippen LogP contribution in [0.15, 0.2) is 18.2 Å². The van der Waals surface area contributed by atoms with E-state index in [1.165, 1.54) is 6.07 Å². The number of carbonyl (C=O) groups excluding carboxylic acids is 1. The molecule has 0 radical (unpaired) electrons. The second-order valence-corrected chi connectivity index (χ2v) is 5.41. The first kappa shape index (κ1) is 14.0. The summed E-state index contributed by atoms with van der Waals surface area (Å²) >= 11 is 3.43. The molecule has 0 aliphatic carbocycles. The average molecular weight is 327 g/mol. The molecule has 1 aliphatic rings. The Morgan fingerprint density at radius 2 is 2.32 bits per heavy atom. The molecule has 0 bridgehead atoms. The molecule has 6 heteroatoms. The van der Waals surface area contributed by atoms with E-state index in [-0.39, 0.29) is 11.6 Å². The van der Waals surface area contributed by atoms with E-state index in [9.17, 15) is 14.9 Å². The highest BCUT2D eigenvalue weighted by Crippen LogP contribution is 2.25. The van der Waals surface area contributed by atoms with Crippen LogP contribution in [0.3, 0.4) is 0 Å². The van der Waals surface area contributed by atoms with E-state index in [1.54, 1.807) is 24.0 Å². The van der Waals surface area contributed by atoms with Gasteiger partial charge < -0.3 is 4.90 Å². The van der Waals surface area contributed by atoms with Crippen molar-refractivity contribution < 1.29 is 9.72 Å². The summed E-state index contributed by atoms with van der Waals surface area (Å²) < 4.78 is 0. The van der Waals surface area contributed by atoms with Gasteiger partial charge in [-0.05, 0) is 25.3 Å². The Morgan fingerprint density at radius 1 is 1.58 bits per heavy atom. The third kappa shape index (κ3) is 2.78. The number of benzene rings is 1. The summed E-state index contributed by atoms with van der Waals surface area (Å²) in [5.74, 6) is 0.368. The molecule has 1 saturated heterocycles. The highest BCUT2D eigenvalue weighted by atomic mass is 79.9. The van der Waals surface area contributed by atoms with E-state index >= 15 is 0 Å². The number of nitrogens with zero attached hydrogens (tertiary/aromatic N) is 2. The zero-order chi connectivity index (χ0) is 14.0. The maximum Gasteiger partial charge on any atom is 0.273 e. The van der Waals surface area contributed by atoms with Gasteiger partial charge in [-0.2, -0.15) is 0 Å². The Hall–Kier alpha value is -1.43. The number of nitro groups is 1. The molecule has 5 nitrogen and oxygen atoms in total. The molecule has 1 unspecified atom stereocenters. The second kappa shape index (κ2) is 5.69. The van der Waals surface area contributed by atoms with Crippen molar-refractivity contribution in [2.45, 2.75) is 13.3 Å². The van der Waals surface area contributed by atoms with Crippen molar-refractivity contribution >= 4 is 27.5 Å². The monoisotopic (exact) mass is 326 g/mol. The average Bonchev–Trinajstić information content (AvgIpc) is 2.86. The summed E-state index contributed by atoms with van der Waals surface area (Å²) in [5.41, 5.74) is 0.881. The molecule has 19 heavy (non-hydrogen) atoms. The normalized spacial score (nSPS) is 18.6. The van der Waals surface area contributed by atoms with Crippen molar-refractivity contribution in [2.24, 2.45) is 5.92 Å². The zero-order valence-corrected chi connectivity index (χ0v) is 12.2. The summed E-state index contributed by atoms with van der Waals surface area (Å²) in [6.07, 6.45) is 0.977. The van der Waals surface area contributed by atoms with Crippen LogP contribution < -0.4 is 0 Å². The fourth-order valence-corrected chi connectivity index (χ4v) is 2.89. The van der Waals surface area contributed by atoms with E-state index in [0.717, 1.165) is 18.3 Å². The molecule has 0 aromatic heterocycles.